The van der Waals surface area contributed by atoms with Gasteiger partial charge in [-0.25, -0.2) is 9.78 Å². The lowest BCUT2D eigenvalue weighted by Gasteiger charge is -2.06. The van der Waals surface area contributed by atoms with Crippen molar-refractivity contribution in [3.8, 4) is 0 Å². The van der Waals surface area contributed by atoms with Crippen LogP contribution in [-0.2, 0) is 6.54 Å². The number of imidazole rings is 2. The lowest BCUT2D eigenvalue weighted by Crippen LogP contribution is -2.24. The second-order valence-corrected chi connectivity index (χ2v) is 5.37. The first-order chi connectivity index (χ1) is 8.83. The van der Waals surface area contributed by atoms with Crippen LogP contribution < -0.4 is 5.69 Å². The number of nitrogens with zero attached hydrogens (tertiary/aromatic N) is 4. The van der Waals surface area contributed by atoms with Crippen molar-refractivity contribution in [2.75, 3.05) is 0 Å². The minimum Gasteiger partial charge on any atom is -0.330 e. The summed E-state index contributed by atoms with van der Waals surface area (Å²) in [5, 5.41) is 0. The van der Waals surface area contributed by atoms with Gasteiger partial charge in [-0.05, 0) is 25.7 Å². The Morgan fingerprint density at radius 2 is 1.83 bits per heavy atom. The predicted molar refractivity (Wildman–Crippen MR) is 66.6 cm³/mol. The normalized spacial score (nSPS) is 19.3. The average molecular weight is 244 g/mol. The van der Waals surface area contributed by atoms with Gasteiger partial charge >= 0.3 is 5.69 Å². The van der Waals surface area contributed by atoms with Crippen LogP contribution in [0.3, 0.4) is 0 Å². The first kappa shape index (κ1) is 10.2. The van der Waals surface area contributed by atoms with E-state index in [4.69, 9.17) is 0 Å². The molecule has 94 valence electrons. The van der Waals surface area contributed by atoms with Crippen molar-refractivity contribution in [1.29, 1.82) is 0 Å². The molecular formula is C13H16N4O. The molecule has 0 atom stereocenters. The second-order valence-electron chi connectivity index (χ2n) is 5.37. The maximum atomic E-state index is 12.2. The van der Waals surface area contributed by atoms with Crippen LogP contribution in [0.5, 0.6) is 0 Å². The molecule has 0 amide bonds. The summed E-state index contributed by atoms with van der Waals surface area (Å²) < 4.78 is 5.85. The van der Waals surface area contributed by atoms with Crippen LogP contribution in [-0.4, -0.2) is 18.7 Å². The summed E-state index contributed by atoms with van der Waals surface area (Å²) in [6.45, 7) is 0.634. The first-order valence-electron chi connectivity index (χ1n) is 6.61. The Bertz CT molecular complexity index is 627. The molecule has 5 nitrogen and oxygen atoms in total. The molecule has 4 rings (SSSR count). The zero-order chi connectivity index (χ0) is 12.1. The largest absolute Gasteiger partial charge is 0.330 e. The van der Waals surface area contributed by atoms with E-state index in [-0.39, 0.29) is 5.69 Å². The van der Waals surface area contributed by atoms with Crippen molar-refractivity contribution >= 4 is 0 Å². The van der Waals surface area contributed by atoms with Gasteiger partial charge in [-0.3, -0.25) is 9.13 Å². The minimum atomic E-state index is 0.112. The highest BCUT2D eigenvalue weighted by Gasteiger charge is 2.27. The Kier molecular flexibility index (Phi) is 2.04. The number of aromatic nitrogens is 4. The molecule has 2 aromatic rings. The Morgan fingerprint density at radius 1 is 1.11 bits per heavy atom. The third-order valence-electron chi connectivity index (χ3n) is 3.83. The molecule has 2 fully saturated rings. The van der Waals surface area contributed by atoms with Gasteiger partial charge in [0, 0.05) is 30.7 Å². The molecule has 0 N–H and O–H groups in total. The number of hydrogen-bond donors (Lipinski definition) is 0. The van der Waals surface area contributed by atoms with Gasteiger partial charge in [0.05, 0.1) is 18.6 Å². The zero-order valence-corrected chi connectivity index (χ0v) is 10.2. The van der Waals surface area contributed by atoms with Crippen LogP contribution in [0.15, 0.2) is 29.7 Å². The molecule has 0 saturated heterocycles. The van der Waals surface area contributed by atoms with Crippen LogP contribution in [0.25, 0.3) is 0 Å². The molecule has 2 aromatic heterocycles. The van der Waals surface area contributed by atoms with E-state index in [1.165, 1.54) is 12.8 Å². The summed E-state index contributed by atoms with van der Waals surface area (Å²) in [6.07, 6.45) is 12.3. The van der Waals surface area contributed by atoms with E-state index in [0.29, 0.717) is 18.6 Å². The molecule has 0 spiro atoms. The molecular weight excluding hydrogens is 228 g/mol. The van der Waals surface area contributed by atoms with Crippen LogP contribution in [0.2, 0.25) is 0 Å². The quantitative estimate of drug-likeness (QED) is 0.819. The van der Waals surface area contributed by atoms with Crippen molar-refractivity contribution in [3.05, 3.63) is 41.1 Å². The fourth-order valence-corrected chi connectivity index (χ4v) is 2.49. The van der Waals surface area contributed by atoms with Gasteiger partial charge in [-0.2, -0.15) is 0 Å². The average Bonchev–Trinajstić information content (AvgIpc) is 3.29. The number of rotatable bonds is 4. The van der Waals surface area contributed by atoms with E-state index < -0.39 is 0 Å². The summed E-state index contributed by atoms with van der Waals surface area (Å²) in [5.74, 6) is 0. The van der Waals surface area contributed by atoms with Gasteiger partial charge in [0.2, 0.25) is 0 Å². The topological polar surface area (TPSA) is 44.8 Å². The minimum absolute atomic E-state index is 0.112. The molecule has 2 aliphatic rings. The molecule has 0 bridgehead atoms. The van der Waals surface area contributed by atoms with Crippen LogP contribution in [0, 0.1) is 0 Å². The summed E-state index contributed by atoms with van der Waals surface area (Å²) in [7, 11) is 0. The summed E-state index contributed by atoms with van der Waals surface area (Å²) in [4.78, 5) is 16.4. The van der Waals surface area contributed by atoms with E-state index >= 15 is 0 Å². The van der Waals surface area contributed by atoms with Crippen molar-refractivity contribution in [1.82, 2.24) is 18.7 Å². The Labute approximate surface area is 105 Å². The molecule has 18 heavy (non-hydrogen) atoms. The van der Waals surface area contributed by atoms with E-state index in [1.54, 1.807) is 4.57 Å². The molecule has 0 aromatic carbocycles. The summed E-state index contributed by atoms with van der Waals surface area (Å²) in [5.41, 5.74) is 1.24. The highest BCUT2D eigenvalue weighted by atomic mass is 16.1. The Hall–Kier alpha value is -1.78. The lowest BCUT2D eigenvalue weighted by molar-refractivity contribution is 0.618. The molecule has 0 unspecified atom stereocenters. The molecule has 2 saturated carbocycles. The van der Waals surface area contributed by atoms with Gasteiger partial charge < -0.3 is 4.57 Å². The van der Waals surface area contributed by atoms with Crippen molar-refractivity contribution < 1.29 is 0 Å². The summed E-state index contributed by atoms with van der Waals surface area (Å²) >= 11 is 0. The molecule has 2 heterocycles. The van der Waals surface area contributed by atoms with Gasteiger partial charge in [0.15, 0.2) is 0 Å². The van der Waals surface area contributed by atoms with Gasteiger partial charge in [0.1, 0.15) is 0 Å². The van der Waals surface area contributed by atoms with Crippen LogP contribution in [0.1, 0.15) is 43.5 Å². The second kappa shape index (κ2) is 3.60. The van der Waals surface area contributed by atoms with Gasteiger partial charge in [-0.1, -0.05) is 0 Å². The van der Waals surface area contributed by atoms with Crippen LogP contribution in [0.4, 0.5) is 0 Å². The maximum absolute atomic E-state index is 12.2. The third kappa shape index (κ3) is 1.62. The van der Waals surface area contributed by atoms with Gasteiger partial charge in [-0.15, -0.1) is 0 Å². The lowest BCUT2D eigenvalue weighted by atomic mass is 10.4. The summed E-state index contributed by atoms with van der Waals surface area (Å²) in [6, 6.07) is 1.07. The monoisotopic (exact) mass is 244 g/mol. The van der Waals surface area contributed by atoms with Crippen molar-refractivity contribution in [2.45, 2.75) is 44.3 Å². The maximum Gasteiger partial charge on any atom is 0.328 e. The van der Waals surface area contributed by atoms with E-state index in [0.717, 1.165) is 18.5 Å². The van der Waals surface area contributed by atoms with Gasteiger partial charge in [0.25, 0.3) is 0 Å². The fourth-order valence-electron chi connectivity index (χ4n) is 2.49. The molecule has 5 heteroatoms. The van der Waals surface area contributed by atoms with Crippen LogP contribution >= 0.6 is 0 Å². The van der Waals surface area contributed by atoms with Crippen molar-refractivity contribution in [2.24, 2.45) is 0 Å². The SMILES string of the molecule is O=c1n(Cc2cncn2C2CC2)ccn1C1CC1. The smallest absolute Gasteiger partial charge is 0.328 e. The first-order valence-corrected chi connectivity index (χ1v) is 6.61. The molecule has 2 aliphatic carbocycles. The highest BCUT2D eigenvalue weighted by molar-refractivity contribution is 5.05. The zero-order valence-electron chi connectivity index (χ0n) is 10.2. The number of hydrogen-bond acceptors (Lipinski definition) is 2. The van der Waals surface area contributed by atoms with E-state index in [2.05, 4.69) is 9.55 Å². The van der Waals surface area contributed by atoms with E-state index in [9.17, 15) is 4.79 Å². The predicted octanol–water partition coefficient (Wildman–Crippen LogP) is 1.56. The molecule has 0 aliphatic heterocycles. The molecule has 0 radical (unpaired) electrons. The van der Waals surface area contributed by atoms with Crippen molar-refractivity contribution in [3.63, 3.8) is 0 Å². The third-order valence-corrected chi connectivity index (χ3v) is 3.83. The highest BCUT2D eigenvalue weighted by Crippen LogP contribution is 2.36. The Morgan fingerprint density at radius 3 is 2.56 bits per heavy atom. The fraction of sp³-hybridized carbons (Fsp3) is 0.538. The standard InChI is InChI=1S/C13H16N4O/c18-13-15(5-6-16(13)10-1-2-10)8-12-7-14-9-17(12)11-3-4-11/h5-7,9-11H,1-4,8H2. The van der Waals surface area contributed by atoms with E-state index in [1.807, 2.05) is 29.5 Å². The Balaban J connectivity index is 1.63.